The second kappa shape index (κ2) is 5.14. The van der Waals surface area contributed by atoms with Crippen molar-refractivity contribution in [3.05, 3.63) is 23.9 Å². The van der Waals surface area contributed by atoms with Crippen LogP contribution in [0.15, 0.2) is 18.3 Å². The highest BCUT2D eigenvalue weighted by atomic mass is 16.5. The minimum absolute atomic E-state index is 0.288. The van der Waals surface area contributed by atoms with Crippen LogP contribution >= 0.6 is 0 Å². The number of rotatable bonds is 5. The van der Waals surface area contributed by atoms with E-state index in [0.717, 1.165) is 18.4 Å². The average Bonchev–Trinajstić information content (AvgIpc) is 3.19. The molecule has 0 saturated heterocycles. The highest BCUT2D eigenvalue weighted by Crippen LogP contribution is 2.25. The van der Waals surface area contributed by atoms with Gasteiger partial charge in [0.2, 0.25) is 5.88 Å². The quantitative estimate of drug-likeness (QED) is 0.774. The summed E-state index contributed by atoms with van der Waals surface area (Å²) in [5, 5.41) is 3.24. The lowest BCUT2D eigenvalue weighted by molar-refractivity contribution is -0.143. The Morgan fingerprint density at radius 1 is 1.47 bits per heavy atom. The zero-order chi connectivity index (χ0) is 12.3. The maximum atomic E-state index is 11.7. The Balaban J connectivity index is 2.14. The lowest BCUT2D eigenvalue weighted by Gasteiger charge is -2.16. The number of esters is 1. The van der Waals surface area contributed by atoms with Crippen LogP contribution in [-0.2, 0) is 9.53 Å². The molecule has 0 radical (unpaired) electrons. The van der Waals surface area contributed by atoms with Gasteiger partial charge >= 0.3 is 5.97 Å². The summed E-state index contributed by atoms with van der Waals surface area (Å²) >= 11 is 0. The molecule has 1 aliphatic carbocycles. The van der Waals surface area contributed by atoms with Crippen molar-refractivity contribution in [1.82, 2.24) is 10.3 Å². The van der Waals surface area contributed by atoms with E-state index in [1.165, 1.54) is 7.11 Å². The molecule has 0 aromatic carbocycles. The lowest BCUT2D eigenvalue weighted by atomic mass is 10.1. The van der Waals surface area contributed by atoms with E-state index in [9.17, 15) is 4.79 Å². The van der Waals surface area contributed by atoms with Crippen molar-refractivity contribution in [3.63, 3.8) is 0 Å². The summed E-state index contributed by atoms with van der Waals surface area (Å²) in [5.74, 6) is 0.243. The van der Waals surface area contributed by atoms with Gasteiger partial charge in [-0.05, 0) is 24.5 Å². The number of pyridine rings is 1. The van der Waals surface area contributed by atoms with Crippen LogP contribution in [0.4, 0.5) is 0 Å². The first kappa shape index (κ1) is 11.9. The van der Waals surface area contributed by atoms with E-state index in [2.05, 4.69) is 10.3 Å². The van der Waals surface area contributed by atoms with E-state index in [0.29, 0.717) is 11.9 Å². The summed E-state index contributed by atoms with van der Waals surface area (Å²) < 4.78 is 9.77. The van der Waals surface area contributed by atoms with Crippen molar-refractivity contribution < 1.29 is 14.3 Å². The third-order valence-corrected chi connectivity index (χ3v) is 2.72. The second-order valence-corrected chi connectivity index (χ2v) is 4.03. The SMILES string of the molecule is COC(=O)C(NC1CC1)c1ccc(OC)nc1. The molecule has 1 aliphatic rings. The maximum Gasteiger partial charge on any atom is 0.327 e. The number of hydrogen-bond donors (Lipinski definition) is 1. The van der Waals surface area contributed by atoms with Gasteiger partial charge in [0.1, 0.15) is 6.04 Å². The van der Waals surface area contributed by atoms with Crippen LogP contribution in [0, 0.1) is 0 Å². The zero-order valence-corrected chi connectivity index (χ0v) is 9.97. The molecule has 1 aromatic heterocycles. The number of carbonyl (C=O) groups is 1. The molecule has 0 spiro atoms. The molecule has 0 bridgehead atoms. The van der Waals surface area contributed by atoms with Gasteiger partial charge in [-0.2, -0.15) is 0 Å². The minimum Gasteiger partial charge on any atom is -0.481 e. The van der Waals surface area contributed by atoms with Gasteiger partial charge in [0.15, 0.2) is 0 Å². The van der Waals surface area contributed by atoms with Crippen LogP contribution < -0.4 is 10.1 Å². The van der Waals surface area contributed by atoms with Gasteiger partial charge < -0.3 is 9.47 Å². The van der Waals surface area contributed by atoms with E-state index in [1.807, 2.05) is 6.07 Å². The van der Waals surface area contributed by atoms with Crippen LogP contribution in [0.1, 0.15) is 24.4 Å². The Morgan fingerprint density at radius 2 is 2.24 bits per heavy atom. The molecule has 1 saturated carbocycles. The normalized spacial score (nSPS) is 16.4. The van der Waals surface area contributed by atoms with Gasteiger partial charge in [-0.15, -0.1) is 0 Å². The molecule has 92 valence electrons. The predicted octanol–water partition coefficient (Wildman–Crippen LogP) is 1.06. The predicted molar refractivity (Wildman–Crippen MR) is 61.7 cm³/mol. The average molecular weight is 236 g/mol. The number of carbonyl (C=O) groups excluding carboxylic acids is 1. The Morgan fingerprint density at radius 3 is 2.71 bits per heavy atom. The number of aromatic nitrogens is 1. The highest BCUT2D eigenvalue weighted by Gasteiger charge is 2.30. The van der Waals surface area contributed by atoms with Crippen molar-refractivity contribution in [3.8, 4) is 5.88 Å². The molecule has 5 heteroatoms. The summed E-state index contributed by atoms with van der Waals surface area (Å²) in [6.07, 6.45) is 3.85. The molecule has 1 fully saturated rings. The first-order valence-corrected chi connectivity index (χ1v) is 5.58. The molecule has 17 heavy (non-hydrogen) atoms. The standard InChI is InChI=1S/C12H16N2O3/c1-16-10-6-3-8(7-13-10)11(12(15)17-2)14-9-4-5-9/h3,6-7,9,11,14H,4-5H2,1-2H3. The minimum atomic E-state index is -0.439. The molecule has 2 rings (SSSR count). The van der Waals surface area contributed by atoms with Crippen molar-refractivity contribution in [2.75, 3.05) is 14.2 Å². The summed E-state index contributed by atoms with van der Waals surface area (Å²) in [4.78, 5) is 15.8. The van der Waals surface area contributed by atoms with Crippen LogP contribution in [0.25, 0.3) is 0 Å². The Kier molecular flexibility index (Phi) is 3.58. The Bertz CT molecular complexity index is 387. The van der Waals surface area contributed by atoms with E-state index in [1.54, 1.807) is 19.4 Å². The van der Waals surface area contributed by atoms with Crippen LogP contribution in [0.5, 0.6) is 5.88 Å². The number of hydrogen-bond acceptors (Lipinski definition) is 5. The summed E-state index contributed by atoms with van der Waals surface area (Å²) in [7, 11) is 2.95. The molecule has 1 unspecified atom stereocenters. The smallest absolute Gasteiger partial charge is 0.327 e. The van der Waals surface area contributed by atoms with Gasteiger partial charge in [0.25, 0.3) is 0 Å². The van der Waals surface area contributed by atoms with E-state index in [4.69, 9.17) is 9.47 Å². The van der Waals surface area contributed by atoms with Gasteiger partial charge in [0.05, 0.1) is 14.2 Å². The summed E-state index contributed by atoms with van der Waals surface area (Å²) in [6.45, 7) is 0. The van der Waals surface area contributed by atoms with Gasteiger partial charge in [-0.1, -0.05) is 0 Å². The molecule has 5 nitrogen and oxygen atoms in total. The highest BCUT2D eigenvalue weighted by molar-refractivity contribution is 5.77. The molecular weight excluding hydrogens is 220 g/mol. The van der Waals surface area contributed by atoms with E-state index in [-0.39, 0.29) is 5.97 Å². The molecule has 0 aliphatic heterocycles. The van der Waals surface area contributed by atoms with E-state index < -0.39 is 6.04 Å². The third kappa shape index (κ3) is 2.94. The monoisotopic (exact) mass is 236 g/mol. The second-order valence-electron chi connectivity index (χ2n) is 4.03. The van der Waals surface area contributed by atoms with Gasteiger partial charge in [-0.25, -0.2) is 9.78 Å². The van der Waals surface area contributed by atoms with Crippen LogP contribution in [0.3, 0.4) is 0 Å². The zero-order valence-electron chi connectivity index (χ0n) is 9.97. The lowest BCUT2D eigenvalue weighted by Crippen LogP contribution is -2.31. The van der Waals surface area contributed by atoms with Crippen LogP contribution in [-0.4, -0.2) is 31.2 Å². The fraction of sp³-hybridized carbons (Fsp3) is 0.500. The molecule has 0 amide bonds. The molecule has 1 N–H and O–H groups in total. The first-order chi connectivity index (χ1) is 8.24. The van der Waals surface area contributed by atoms with Crippen molar-refractivity contribution in [2.45, 2.75) is 24.9 Å². The maximum absolute atomic E-state index is 11.7. The Labute approximate surface area is 100 Å². The first-order valence-electron chi connectivity index (χ1n) is 5.58. The van der Waals surface area contributed by atoms with Gasteiger partial charge in [0, 0.05) is 18.3 Å². The molecule has 1 heterocycles. The Hall–Kier alpha value is -1.62. The van der Waals surface area contributed by atoms with E-state index >= 15 is 0 Å². The number of ether oxygens (including phenoxy) is 2. The fourth-order valence-electron chi connectivity index (χ4n) is 1.59. The number of nitrogens with one attached hydrogen (secondary N) is 1. The molecular formula is C12H16N2O3. The topological polar surface area (TPSA) is 60.5 Å². The summed E-state index contributed by atoms with van der Waals surface area (Å²) in [6, 6.07) is 3.54. The molecule has 1 atom stereocenters. The number of nitrogens with zero attached hydrogens (tertiary/aromatic N) is 1. The van der Waals surface area contributed by atoms with Crippen molar-refractivity contribution >= 4 is 5.97 Å². The number of methoxy groups -OCH3 is 2. The molecule has 1 aromatic rings. The van der Waals surface area contributed by atoms with Crippen molar-refractivity contribution in [2.24, 2.45) is 0 Å². The third-order valence-electron chi connectivity index (χ3n) is 2.72. The summed E-state index contributed by atoms with van der Waals surface area (Å²) in [5.41, 5.74) is 0.796. The van der Waals surface area contributed by atoms with Crippen molar-refractivity contribution in [1.29, 1.82) is 0 Å². The van der Waals surface area contributed by atoms with Crippen LogP contribution in [0.2, 0.25) is 0 Å². The van der Waals surface area contributed by atoms with Gasteiger partial charge in [-0.3, -0.25) is 5.32 Å². The fourth-order valence-corrected chi connectivity index (χ4v) is 1.59. The largest absolute Gasteiger partial charge is 0.481 e.